The summed E-state index contributed by atoms with van der Waals surface area (Å²) in [5, 5.41) is 10.9. The van der Waals surface area contributed by atoms with Crippen molar-refractivity contribution in [1.82, 2.24) is 9.80 Å². The van der Waals surface area contributed by atoms with E-state index in [1.807, 2.05) is 72.5 Å². The monoisotopic (exact) mass is 625 g/mol. The van der Waals surface area contributed by atoms with E-state index in [1.165, 1.54) is 0 Å². The van der Waals surface area contributed by atoms with Crippen LogP contribution in [0.15, 0.2) is 86.0 Å². The van der Waals surface area contributed by atoms with Crippen molar-refractivity contribution in [3.63, 3.8) is 0 Å². The van der Waals surface area contributed by atoms with Crippen molar-refractivity contribution >= 4 is 23.4 Å². The van der Waals surface area contributed by atoms with Crippen LogP contribution in [0.25, 0.3) is 0 Å². The molecule has 2 unspecified atom stereocenters. The number of amides is 3. The number of benzene rings is 2. The fourth-order valence-electron chi connectivity index (χ4n) is 9.01. The van der Waals surface area contributed by atoms with Crippen molar-refractivity contribution in [3.8, 4) is 0 Å². The molecule has 0 aromatic heterocycles. The molecule has 1 aliphatic carbocycles. The van der Waals surface area contributed by atoms with Crippen LogP contribution < -0.4 is 4.90 Å². The Labute approximate surface area is 272 Å². The molecule has 2 aromatic rings. The normalized spacial score (nSPS) is 29.3. The summed E-state index contributed by atoms with van der Waals surface area (Å²) in [6.45, 7) is 10.2. The number of anilines is 1. The minimum absolute atomic E-state index is 0.0354. The van der Waals surface area contributed by atoms with Crippen molar-refractivity contribution < 1.29 is 24.2 Å². The van der Waals surface area contributed by atoms with Crippen molar-refractivity contribution in [2.75, 3.05) is 24.6 Å². The fourth-order valence-corrected chi connectivity index (χ4v) is 9.01. The van der Waals surface area contributed by atoms with Gasteiger partial charge in [-0.3, -0.25) is 14.4 Å². The topological polar surface area (TPSA) is 90.4 Å². The van der Waals surface area contributed by atoms with Gasteiger partial charge in [-0.05, 0) is 49.8 Å². The molecule has 3 heterocycles. The Morgan fingerprint density at radius 3 is 2.24 bits per heavy atom. The minimum atomic E-state index is -1.20. The Hall–Kier alpha value is -3.75. The van der Waals surface area contributed by atoms with Gasteiger partial charge in [-0.15, -0.1) is 13.2 Å². The first kappa shape index (κ1) is 32.2. The first-order valence-electron chi connectivity index (χ1n) is 16.9. The van der Waals surface area contributed by atoms with Crippen LogP contribution in [0.3, 0.4) is 0 Å². The molecule has 6 atom stereocenters. The average Bonchev–Trinajstić information content (AvgIpc) is 3.71. The average molecular weight is 626 g/mol. The van der Waals surface area contributed by atoms with E-state index in [1.54, 1.807) is 22.0 Å². The molecule has 6 rings (SSSR count). The van der Waals surface area contributed by atoms with Crippen LogP contribution in [0.4, 0.5) is 5.69 Å². The van der Waals surface area contributed by atoms with Crippen molar-refractivity contribution in [1.29, 1.82) is 0 Å². The Balaban J connectivity index is 1.49. The largest absolute Gasteiger partial charge is 0.394 e. The zero-order chi connectivity index (χ0) is 32.5. The van der Waals surface area contributed by atoms with E-state index in [4.69, 9.17) is 4.74 Å². The predicted octanol–water partition coefficient (Wildman–Crippen LogP) is 5.44. The van der Waals surface area contributed by atoms with Gasteiger partial charge >= 0.3 is 0 Å². The first-order chi connectivity index (χ1) is 22.4. The van der Waals surface area contributed by atoms with Crippen molar-refractivity contribution in [2.45, 2.75) is 87.6 Å². The van der Waals surface area contributed by atoms with E-state index in [9.17, 15) is 9.90 Å². The molecule has 0 radical (unpaired) electrons. The van der Waals surface area contributed by atoms with Gasteiger partial charge in [0.15, 0.2) is 0 Å². The highest BCUT2D eigenvalue weighted by Crippen LogP contribution is 2.65. The third-order valence-corrected chi connectivity index (χ3v) is 11.1. The molecule has 1 N–H and O–H groups in total. The summed E-state index contributed by atoms with van der Waals surface area (Å²) < 4.78 is 7.11. The lowest BCUT2D eigenvalue weighted by Gasteiger charge is -2.42. The molecular formula is C38H47N3O5. The number of carbonyl (C=O) groups excluding carboxylic acids is 3. The van der Waals surface area contributed by atoms with Gasteiger partial charge in [0.2, 0.25) is 17.7 Å². The van der Waals surface area contributed by atoms with E-state index < -0.39 is 35.1 Å². The third kappa shape index (κ3) is 5.10. The van der Waals surface area contributed by atoms with Crippen LogP contribution in [0.2, 0.25) is 0 Å². The smallest absolute Gasteiger partial charge is 0.248 e. The highest BCUT2D eigenvalue weighted by molar-refractivity contribution is 6.03. The number of aliphatic hydroxyl groups excluding tert-OH is 1. The Morgan fingerprint density at radius 2 is 1.63 bits per heavy atom. The predicted molar refractivity (Wildman–Crippen MR) is 178 cm³/mol. The highest BCUT2D eigenvalue weighted by atomic mass is 16.5. The van der Waals surface area contributed by atoms with Crippen LogP contribution in [0.1, 0.15) is 69.9 Å². The number of rotatable bonds is 12. The number of para-hydroxylation sites is 1. The number of carbonyl (C=O) groups is 3. The van der Waals surface area contributed by atoms with Gasteiger partial charge < -0.3 is 24.5 Å². The SMILES string of the molecule is C=CCN(C(=O)[C@H]1[C@H]2C(=O)N([C@H](CO)c3ccccc3)C(C(=O)N(CC=C)C3CCCCC3)C23CC[C@]1(CC)O3)c1ccccc1. The molecular weight excluding hydrogens is 578 g/mol. The van der Waals surface area contributed by atoms with Crippen LogP contribution in [-0.2, 0) is 19.1 Å². The van der Waals surface area contributed by atoms with Gasteiger partial charge in [0.05, 0.1) is 30.1 Å². The minimum Gasteiger partial charge on any atom is -0.394 e. The fraction of sp³-hybridized carbons (Fsp3) is 0.500. The Kier molecular flexibility index (Phi) is 9.22. The molecule has 1 saturated carbocycles. The second-order valence-electron chi connectivity index (χ2n) is 13.3. The molecule has 3 aliphatic heterocycles. The second-order valence-corrected chi connectivity index (χ2v) is 13.3. The lowest BCUT2D eigenvalue weighted by atomic mass is 9.64. The highest BCUT2D eigenvalue weighted by Gasteiger charge is 2.79. The molecule has 2 aromatic carbocycles. The summed E-state index contributed by atoms with van der Waals surface area (Å²) in [5.41, 5.74) is -0.624. The van der Waals surface area contributed by atoms with Crippen LogP contribution in [0.5, 0.6) is 0 Å². The number of hydrogen-bond acceptors (Lipinski definition) is 5. The summed E-state index contributed by atoms with van der Waals surface area (Å²) >= 11 is 0. The Morgan fingerprint density at radius 1 is 0.978 bits per heavy atom. The summed E-state index contributed by atoms with van der Waals surface area (Å²) in [7, 11) is 0. The maximum Gasteiger partial charge on any atom is 0.248 e. The van der Waals surface area contributed by atoms with Crippen molar-refractivity contribution in [3.05, 3.63) is 91.5 Å². The zero-order valence-corrected chi connectivity index (χ0v) is 26.9. The molecule has 244 valence electrons. The number of likely N-dealkylation sites (tertiary alicyclic amines) is 1. The summed E-state index contributed by atoms with van der Waals surface area (Å²) in [4.78, 5) is 50.2. The van der Waals surface area contributed by atoms with Crippen LogP contribution in [-0.4, -0.2) is 75.6 Å². The summed E-state index contributed by atoms with van der Waals surface area (Å²) in [6.07, 6.45) is 10.1. The van der Waals surface area contributed by atoms with Gasteiger partial charge in [0.1, 0.15) is 11.6 Å². The Bertz CT molecular complexity index is 1440. The molecule has 4 fully saturated rings. The molecule has 2 bridgehead atoms. The van der Waals surface area contributed by atoms with Gasteiger partial charge in [0, 0.05) is 24.8 Å². The van der Waals surface area contributed by atoms with Gasteiger partial charge in [-0.25, -0.2) is 0 Å². The van der Waals surface area contributed by atoms with E-state index in [-0.39, 0.29) is 36.9 Å². The lowest BCUT2D eigenvalue weighted by molar-refractivity contribution is -0.158. The number of nitrogens with zero attached hydrogens (tertiary/aromatic N) is 3. The van der Waals surface area contributed by atoms with Crippen molar-refractivity contribution in [2.24, 2.45) is 11.8 Å². The number of ether oxygens (including phenoxy) is 1. The van der Waals surface area contributed by atoms with E-state index in [0.717, 1.165) is 43.4 Å². The maximum absolute atomic E-state index is 15.1. The van der Waals surface area contributed by atoms with Gasteiger partial charge in [-0.1, -0.05) is 86.9 Å². The zero-order valence-electron chi connectivity index (χ0n) is 26.9. The molecule has 8 nitrogen and oxygen atoms in total. The second kappa shape index (κ2) is 13.2. The quantitative estimate of drug-likeness (QED) is 0.317. The maximum atomic E-state index is 15.1. The molecule has 8 heteroatoms. The summed E-state index contributed by atoms with van der Waals surface area (Å²) in [6, 6.07) is 17.1. The molecule has 3 amide bonds. The molecule has 3 saturated heterocycles. The lowest BCUT2D eigenvalue weighted by Crippen LogP contribution is -2.59. The molecule has 4 aliphatic rings. The first-order valence-corrected chi connectivity index (χ1v) is 16.9. The number of aliphatic hydroxyl groups is 1. The standard InChI is InChI=1S/C38H47N3O5/c1-4-24-39(28-18-12-8-13-19-28)34(43)31-32-35(44)41(30(26-42)27-16-10-7-11-17-27)33(38(32)23-22-37(31,6-3)46-38)36(45)40(25-5-2)29-20-14-9-15-21-29/h4-5,7-8,10-13,16-19,29-33,42H,1-2,6,9,14-15,20-26H2,3H3/t30-,31-,32+,33?,37+,38?/m1/s1. The molecule has 1 spiro atoms. The number of hydrogen-bond donors (Lipinski definition) is 1. The van der Waals surface area contributed by atoms with Gasteiger partial charge in [-0.2, -0.15) is 0 Å². The van der Waals surface area contributed by atoms with Crippen LogP contribution in [0, 0.1) is 11.8 Å². The summed E-state index contributed by atoms with van der Waals surface area (Å²) in [5.74, 6) is -2.34. The van der Waals surface area contributed by atoms with E-state index in [2.05, 4.69) is 13.2 Å². The van der Waals surface area contributed by atoms with E-state index >= 15 is 9.59 Å². The third-order valence-electron chi connectivity index (χ3n) is 11.1. The van der Waals surface area contributed by atoms with Crippen LogP contribution >= 0.6 is 0 Å². The number of fused-ring (bicyclic) bond motifs is 1. The van der Waals surface area contributed by atoms with E-state index in [0.29, 0.717) is 25.8 Å². The van der Waals surface area contributed by atoms with Gasteiger partial charge in [0.25, 0.3) is 0 Å². The molecule has 46 heavy (non-hydrogen) atoms.